The average Bonchev–Trinajstić information content (AvgIpc) is 1.85. The molecule has 1 rings (SSSR count). The molecule has 0 aliphatic rings. The van der Waals surface area contributed by atoms with E-state index in [2.05, 4.69) is 28.7 Å². The Balaban J connectivity index is 3.25. The fourth-order valence-electron chi connectivity index (χ4n) is 0.925. The van der Waals surface area contributed by atoms with E-state index in [9.17, 15) is 0 Å². The topological polar surface area (TPSA) is 26.0 Å². The van der Waals surface area contributed by atoms with Gasteiger partial charge in [-0.25, -0.2) is 0 Å². The maximum atomic E-state index is 5.95. The molecule has 0 saturated heterocycles. The second-order valence-electron chi connectivity index (χ2n) is 2.41. The highest BCUT2D eigenvalue weighted by atomic mass is 127. The van der Waals surface area contributed by atoms with E-state index in [1.165, 1.54) is 5.56 Å². The van der Waals surface area contributed by atoms with E-state index in [-0.39, 0.29) is 0 Å². The summed E-state index contributed by atoms with van der Waals surface area (Å²) in [6.07, 6.45) is 0. The van der Waals surface area contributed by atoms with E-state index in [1.54, 1.807) is 0 Å². The van der Waals surface area contributed by atoms with Gasteiger partial charge in [0.25, 0.3) is 0 Å². The Hall–Kier alpha value is 0.200. The van der Waals surface area contributed by atoms with Gasteiger partial charge in [0, 0.05) is 15.1 Å². The summed E-state index contributed by atoms with van der Waals surface area (Å²) in [6, 6.07) is 4.01. The first-order valence-corrected chi connectivity index (χ1v) is 4.75. The van der Waals surface area contributed by atoms with Gasteiger partial charge < -0.3 is 5.73 Å². The Labute approximate surface area is 85.1 Å². The number of benzene rings is 1. The minimum atomic E-state index is 0.511. The van der Waals surface area contributed by atoms with Gasteiger partial charge in [0.05, 0.1) is 0 Å². The molecule has 0 bridgehead atoms. The van der Waals surface area contributed by atoms with Crippen LogP contribution in [0.4, 0.5) is 0 Å². The van der Waals surface area contributed by atoms with E-state index in [4.69, 9.17) is 17.3 Å². The van der Waals surface area contributed by atoms with Crippen molar-refractivity contribution in [2.24, 2.45) is 5.73 Å². The zero-order chi connectivity index (χ0) is 8.43. The van der Waals surface area contributed by atoms with Gasteiger partial charge in [-0.1, -0.05) is 11.6 Å². The lowest BCUT2D eigenvalue weighted by Gasteiger charge is -2.04. The molecular weight excluding hydrogens is 272 g/mol. The summed E-state index contributed by atoms with van der Waals surface area (Å²) in [5.41, 5.74) is 7.73. The summed E-state index contributed by atoms with van der Waals surface area (Å²) in [7, 11) is 0. The Morgan fingerprint density at radius 2 is 2.18 bits per heavy atom. The van der Waals surface area contributed by atoms with E-state index in [0.29, 0.717) is 6.54 Å². The Kier molecular flexibility index (Phi) is 3.16. The third kappa shape index (κ3) is 2.07. The molecule has 0 unspecified atom stereocenters. The molecule has 0 amide bonds. The van der Waals surface area contributed by atoms with Crippen molar-refractivity contribution in [2.45, 2.75) is 13.5 Å². The predicted molar refractivity (Wildman–Crippen MR) is 56.8 cm³/mol. The van der Waals surface area contributed by atoms with Gasteiger partial charge in [-0.15, -0.1) is 0 Å². The van der Waals surface area contributed by atoms with Gasteiger partial charge in [0.15, 0.2) is 0 Å². The molecule has 60 valence electrons. The molecule has 0 atom stereocenters. The van der Waals surface area contributed by atoms with Crippen molar-refractivity contribution in [1.82, 2.24) is 0 Å². The molecule has 2 N–H and O–H groups in total. The first-order chi connectivity index (χ1) is 5.15. The highest BCUT2D eigenvalue weighted by Crippen LogP contribution is 2.22. The molecule has 11 heavy (non-hydrogen) atoms. The molecule has 1 nitrogen and oxygen atoms in total. The fraction of sp³-hybridized carbons (Fsp3) is 0.250. The molecule has 0 heterocycles. The average molecular weight is 282 g/mol. The van der Waals surface area contributed by atoms with Crippen molar-refractivity contribution in [2.75, 3.05) is 0 Å². The van der Waals surface area contributed by atoms with Gasteiger partial charge in [-0.3, -0.25) is 0 Å². The van der Waals surface area contributed by atoms with Crippen molar-refractivity contribution < 1.29 is 0 Å². The number of nitrogens with two attached hydrogens (primary N) is 1. The molecule has 1 aromatic carbocycles. The van der Waals surface area contributed by atoms with E-state index in [0.717, 1.165) is 14.2 Å². The SMILES string of the molecule is Cc1cc(Cl)c(CN)c(I)c1. The van der Waals surface area contributed by atoms with Gasteiger partial charge in [0.2, 0.25) is 0 Å². The van der Waals surface area contributed by atoms with Crippen LogP contribution in [-0.4, -0.2) is 0 Å². The smallest absolute Gasteiger partial charge is 0.0464 e. The Morgan fingerprint density at radius 3 is 2.64 bits per heavy atom. The molecule has 0 spiro atoms. The molecule has 0 radical (unpaired) electrons. The number of aryl methyl sites for hydroxylation is 1. The summed E-state index contributed by atoms with van der Waals surface area (Å²) in [6.45, 7) is 2.53. The van der Waals surface area contributed by atoms with Gasteiger partial charge in [-0.05, 0) is 52.8 Å². The normalized spacial score (nSPS) is 10.2. The maximum Gasteiger partial charge on any atom is 0.0464 e. The van der Waals surface area contributed by atoms with Gasteiger partial charge in [-0.2, -0.15) is 0 Å². The van der Waals surface area contributed by atoms with Gasteiger partial charge >= 0.3 is 0 Å². The zero-order valence-electron chi connectivity index (χ0n) is 6.20. The molecule has 1 aromatic rings. The summed E-state index contributed by atoms with van der Waals surface area (Å²) < 4.78 is 1.15. The van der Waals surface area contributed by atoms with Crippen molar-refractivity contribution in [3.63, 3.8) is 0 Å². The second-order valence-corrected chi connectivity index (χ2v) is 3.98. The number of rotatable bonds is 1. The van der Waals surface area contributed by atoms with Crippen LogP contribution in [0.5, 0.6) is 0 Å². The highest BCUT2D eigenvalue weighted by Gasteiger charge is 2.03. The largest absolute Gasteiger partial charge is 0.326 e. The third-order valence-electron chi connectivity index (χ3n) is 1.49. The van der Waals surface area contributed by atoms with Crippen molar-refractivity contribution in [3.8, 4) is 0 Å². The minimum absolute atomic E-state index is 0.511. The van der Waals surface area contributed by atoms with Crippen LogP contribution in [0.2, 0.25) is 5.02 Å². The molecule has 0 saturated carbocycles. The number of halogens is 2. The zero-order valence-corrected chi connectivity index (χ0v) is 9.11. The molecule has 0 aliphatic carbocycles. The van der Waals surface area contributed by atoms with E-state index >= 15 is 0 Å². The Morgan fingerprint density at radius 1 is 1.55 bits per heavy atom. The van der Waals surface area contributed by atoms with Crippen molar-refractivity contribution >= 4 is 34.2 Å². The molecule has 3 heteroatoms. The minimum Gasteiger partial charge on any atom is -0.326 e. The first kappa shape index (κ1) is 9.29. The summed E-state index contributed by atoms with van der Waals surface area (Å²) >= 11 is 8.20. The monoisotopic (exact) mass is 281 g/mol. The summed E-state index contributed by atoms with van der Waals surface area (Å²) in [5, 5.41) is 0.775. The molecular formula is C8H9ClIN. The quantitative estimate of drug-likeness (QED) is 0.787. The molecule has 0 aliphatic heterocycles. The van der Waals surface area contributed by atoms with Crippen molar-refractivity contribution in [3.05, 3.63) is 31.9 Å². The van der Waals surface area contributed by atoms with Crippen LogP contribution in [0.3, 0.4) is 0 Å². The number of hydrogen-bond donors (Lipinski definition) is 1. The van der Waals surface area contributed by atoms with E-state index in [1.807, 2.05) is 13.0 Å². The lowest BCUT2D eigenvalue weighted by molar-refractivity contribution is 1.06. The first-order valence-electron chi connectivity index (χ1n) is 3.29. The third-order valence-corrected chi connectivity index (χ3v) is 2.79. The second kappa shape index (κ2) is 3.74. The van der Waals surface area contributed by atoms with Crippen molar-refractivity contribution in [1.29, 1.82) is 0 Å². The maximum absolute atomic E-state index is 5.95. The summed E-state index contributed by atoms with van der Waals surface area (Å²) in [4.78, 5) is 0. The standard InChI is InChI=1S/C8H9ClIN/c1-5-2-7(9)6(4-11)8(10)3-5/h2-3H,4,11H2,1H3. The predicted octanol–water partition coefficient (Wildman–Crippen LogP) is 2.71. The fourth-order valence-corrected chi connectivity index (χ4v) is 2.44. The van der Waals surface area contributed by atoms with Crippen LogP contribution in [0, 0.1) is 10.5 Å². The van der Waals surface area contributed by atoms with Crippen LogP contribution in [-0.2, 0) is 6.54 Å². The van der Waals surface area contributed by atoms with Crippen LogP contribution in [0.1, 0.15) is 11.1 Å². The molecule has 0 fully saturated rings. The van der Waals surface area contributed by atoms with Crippen LogP contribution in [0.15, 0.2) is 12.1 Å². The lowest BCUT2D eigenvalue weighted by Crippen LogP contribution is -2.00. The van der Waals surface area contributed by atoms with Crippen LogP contribution in [0.25, 0.3) is 0 Å². The number of hydrogen-bond acceptors (Lipinski definition) is 1. The lowest BCUT2D eigenvalue weighted by atomic mass is 10.1. The van der Waals surface area contributed by atoms with Gasteiger partial charge in [0.1, 0.15) is 0 Å². The van der Waals surface area contributed by atoms with E-state index < -0.39 is 0 Å². The Bertz CT molecular complexity index is 250. The highest BCUT2D eigenvalue weighted by molar-refractivity contribution is 14.1. The van der Waals surface area contributed by atoms with Crippen LogP contribution >= 0.6 is 34.2 Å². The summed E-state index contributed by atoms with van der Waals surface area (Å²) in [5.74, 6) is 0. The molecule has 0 aromatic heterocycles. The van der Waals surface area contributed by atoms with Crippen LogP contribution < -0.4 is 5.73 Å².